The van der Waals surface area contributed by atoms with E-state index in [1.54, 1.807) is 7.11 Å². The lowest BCUT2D eigenvalue weighted by Gasteiger charge is -2.37. The monoisotopic (exact) mass is 464 g/mol. The molecule has 6 heteroatoms. The number of nitrogens with zero attached hydrogens (tertiary/aromatic N) is 4. The predicted molar refractivity (Wildman–Crippen MR) is 137 cm³/mol. The van der Waals surface area contributed by atoms with Crippen LogP contribution in [0.3, 0.4) is 0 Å². The lowest BCUT2D eigenvalue weighted by molar-refractivity contribution is -0.138. The molecule has 1 aliphatic carbocycles. The van der Waals surface area contributed by atoms with Crippen molar-refractivity contribution in [1.82, 2.24) is 14.8 Å². The Morgan fingerprint density at radius 3 is 2.56 bits per heavy atom. The van der Waals surface area contributed by atoms with E-state index in [-0.39, 0.29) is 0 Å². The van der Waals surface area contributed by atoms with Crippen LogP contribution in [0.4, 0.5) is 5.69 Å². The van der Waals surface area contributed by atoms with E-state index in [2.05, 4.69) is 32.9 Å². The number of methoxy groups -OCH3 is 1. The summed E-state index contributed by atoms with van der Waals surface area (Å²) in [4.78, 5) is 24.9. The molecule has 2 aromatic rings. The van der Waals surface area contributed by atoms with Gasteiger partial charge in [-0.2, -0.15) is 0 Å². The molecule has 5 rings (SSSR count). The summed E-state index contributed by atoms with van der Waals surface area (Å²) in [5.74, 6) is 2.37. The summed E-state index contributed by atoms with van der Waals surface area (Å²) >= 11 is 0. The smallest absolute Gasteiger partial charge is 0.225 e. The first-order valence-corrected chi connectivity index (χ1v) is 13.4. The molecule has 34 heavy (non-hydrogen) atoms. The van der Waals surface area contributed by atoms with E-state index >= 15 is 0 Å². The van der Waals surface area contributed by atoms with Crippen molar-refractivity contribution in [2.45, 2.75) is 51.4 Å². The van der Waals surface area contributed by atoms with E-state index in [9.17, 15) is 4.79 Å². The number of piperidine rings is 1. The minimum atomic E-state index is 0.308. The van der Waals surface area contributed by atoms with Gasteiger partial charge in [0.15, 0.2) is 0 Å². The van der Waals surface area contributed by atoms with Gasteiger partial charge >= 0.3 is 0 Å². The quantitative estimate of drug-likeness (QED) is 0.649. The zero-order valence-corrected chi connectivity index (χ0v) is 20.8. The Balaban J connectivity index is 1.16. The van der Waals surface area contributed by atoms with Gasteiger partial charge in [0.05, 0.1) is 12.6 Å². The third kappa shape index (κ3) is 5.17. The van der Waals surface area contributed by atoms with E-state index in [1.807, 2.05) is 12.3 Å². The Labute approximate surface area is 204 Å². The second kappa shape index (κ2) is 10.9. The number of ether oxygens (including phenoxy) is 1. The summed E-state index contributed by atoms with van der Waals surface area (Å²) in [7, 11) is 1.75. The van der Waals surface area contributed by atoms with Crippen LogP contribution in [-0.4, -0.2) is 73.6 Å². The van der Waals surface area contributed by atoms with Crippen LogP contribution >= 0.6 is 0 Å². The van der Waals surface area contributed by atoms with Gasteiger partial charge in [-0.15, -0.1) is 0 Å². The number of rotatable bonds is 5. The Morgan fingerprint density at radius 1 is 0.941 bits per heavy atom. The van der Waals surface area contributed by atoms with Crippen LogP contribution in [0.25, 0.3) is 10.9 Å². The summed E-state index contributed by atoms with van der Waals surface area (Å²) in [5, 5.41) is 1.16. The molecular weight excluding hydrogens is 424 g/mol. The highest BCUT2D eigenvalue weighted by Gasteiger charge is 2.30. The van der Waals surface area contributed by atoms with Gasteiger partial charge in [-0.25, -0.2) is 0 Å². The molecule has 3 heterocycles. The number of carbonyl (C=O) groups is 1. The first kappa shape index (κ1) is 23.4. The first-order valence-electron chi connectivity index (χ1n) is 13.4. The average Bonchev–Trinajstić information content (AvgIpc) is 3.14. The number of anilines is 1. The summed E-state index contributed by atoms with van der Waals surface area (Å²) < 4.78 is 5.74. The zero-order chi connectivity index (χ0) is 23.3. The number of hydrogen-bond donors (Lipinski definition) is 0. The van der Waals surface area contributed by atoms with Crippen molar-refractivity contribution in [2.24, 2.45) is 11.8 Å². The fourth-order valence-electron chi connectivity index (χ4n) is 6.27. The van der Waals surface area contributed by atoms with Crippen LogP contribution in [0, 0.1) is 11.8 Å². The van der Waals surface area contributed by atoms with Gasteiger partial charge in [0.2, 0.25) is 5.91 Å². The van der Waals surface area contributed by atoms with Crippen LogP contribution < -0.4 is 9.64 Å². The van der Waals surface area contributed by atoms with Gasteiger partial charge in [-0.3, -0.25) is 9.78 Å². The van der Waals surface area contributed by atoms with Crippen LogP contribution in [0.2, 0.25) is 0 Å². The first-order chi connectivity index (χ1) is 16.7. The van der Waals surface area contributed by atoms with Crippen molar-refractivity contribution in [2.75, 3.05) is 57.8 Å². The van der Waals surface area contributed by atoms with E-state index in [0.29, 0.717) is 17.7 Å². The second-order valence-electron chi connectivity index (χ2n) is 10.4. The fraction of sp³-hybridized carbons (Fsp3) is 0.643. The lowest BCUT2D eigenvalue weighted by atomic mass is 9.87. The van der Waals surface area contributed by atoms with Gasteiger partial charge in [-0.1, -0.05) is 25.3 Å². The standard InChI is InChI=1S/C28H40N4O2/c1-34-25-11-10-23-9-5-14-29-26(23)27(25)31-16-6-15-30(19-20-31)21-22-12-17-32(18-13-22)28(33)24-7-3-2-4-8-24/h5,9-11,14,22,24H,2-4,6-8,12-13,15-21H2,1H3. The number of carbonyl (C=O) groups excluding carboxylic acids is 1. The third-order valence-electron chi connectivity index (χ3n) is 8.23. The molecule has 1 aromatic carbocycles. The summed E-state index contributed by atoms with van der Waals surface area (Å²) in [6.45, 7) is 7.29. The molecule has 3 fully saturated rings. The van der Waals surface area contributed by atoms with Crippen molar-refractivity contribution in [1.29, 1.82) is 0 Å². The molecule has 1 aromatic heterocycles. The second-order valence-corrected chi connectivity index (χ2v) is 10.4. The number of hydrogen-bond acceptors (Lipinski definition) is 5. The predicted octanol–water partition coefficient (Wildman–Crippen LogP) is 4.57. The molecule has 1 amide bonds. The van der Waals surface area contributed by atoms with Crippen molar-refractivity contribution < 1.29 is 9.53 Å². The number of likely N-dealkylation sites (tertiary alicyclic amines) is 1. The Bertz CT molecular complexity index is 966. The number of pyridine rings is 1. The molecule has 0 bridgehead atoms. The van der Waals surface area contributed by atoms with Crippen LogP contribution in [0.5, 0.6) is 5.75 Å². The number of benzene rings is 1. The van der Waals surface area contributed by atoms with Crippen LogP contribution in [-0.2, 0) is 4.79 Å². The molecule has 0 atom stereocenters. The number of aromatic nitrogens is 1. The SMILES string of the molecule is COc1ccc2cccnc2c1N1CCCN(CC2CCN(C(=O)C3CCCCC3)CC2)CC1. The number of fused-ring (bicyclic) bond motifs is 1. The molecule has 0 unspecified atom stereocenters. The topological polar surface area (TPSA) is 48.9 Å². The minimum absolute atomic E-state index is 0.308. The molecule has 0 N–H and O–H groups in total. The normalized spacial score (nSPS) is 21.6. The van der Waals surface area contributed by atoms with Crippen molar-refractivity contribution in [3.05, 3.63) is 30.5 Å². The largest absolute Gasteiger partial charge is 0.494 e. The summed E-state index contributed by atoms with van der Waals surface area (Å²) in [6, 6.07) is 8.29. The highest BCUT2D eigenvalue weighted by molar-refractivity contribution is 5.94. The third-order valence-corrected chi connectivity index (χ3v) is 8.23. The molecule has 2 saturated heterocycles. The van der Waals surface area contributed by atoms with Gasteiger partial charge in [0.1, 0.15) is 11.4 Å². The van der Waals surface area contributed by atoms with Gasteiger partial charge in [0, 0.05) is 56.8 Å². The zero-order valence-electron chi connectivity index (χ0n) is 20.8. The van der Waals surface area contributed by atoms with Crippen molar-refractivity contribution >= 4 is 22.5 Å². The molecule has 1 saturated carbocycles. The van der Waals surface area contributed by atoms with Gasteiger partial charge in [0.25, 0.3) is 0 Å². The Hall–Kier alpha value is -2.34. The van der Waals surface area contributed by atoms with Crippen LogP contribution in [0.1, 0.15) is 51.4 Å². The van der Waals surface area contributed by atoms with E-state index in [1.165, 1.54) is 19.3 Å². The molecular formula is C28H40N4O2. The maximum Gasteiger partial charge on any atom is 0.225 e. The fourth-order valence-corrected chi connectivity index (χ4v) is 6.27. The number of amides is 1. The van der Waals surface area contributed by atoms with Gasteiger partial charge in [-0.05, 0) is 62.8 Å². The van der Waals surface area contributed by atoms with E-state index in [4.69, 9.17) is 9.72 Å². The van der Waals surface area contributed by atoms with Crippen LogP contribution in [0.15, 0.2) is 30.5 Å². The molecule has 0 spiro atoms. The van der Waals surface area contributed by atoms with E-state index in [0.717, 1.165) is 100 Å². The molecule has 184 valence electrons. The maximum atomic E-state index is 12.9. The average molecular weight is 465 g/mol. The van der Waals surface area contributed by atoms with E-state index < -0.39 is 0 Å². The lowest BCUT2D eigenvalue weighted by Crippen LogP contribution is -2.44. The highest BCUT2D eigenvalue weighted by atomic mass is 16.5. The molecule has 0 radical (unpaired) electrons. The summed E-state index contributed by atoms with van der Waals surface area (Å²) in [6.07, 6.45) is 11.3. The minimum Gasteiger partial charge on any atom is -0.494 e. The molecule has 6 nitrogen and oxygen atoms in total. The maximum absolute atomic E-state index is 12.9. The molecule has 3 aliphatic rings. The summed E-state index contributed by atoms with van der Waals surface area (Å²) in [5.41, 5.74) is 2.17. The molecule has 2 aliphatic heterocycles. The van der Waals surface area contributed by atoms with Crippen molar-refractivity contribution in [3.63, 3.8) is 0 Å². The van der Waals surface area contributed by atoms with Gasteiger partial charge < -0.3 is 19.4 Å². The Kier molecular flexibility index (Phi) is 7.53. The van der Waals surface area contributed by atoms with Crippen molar-refractivity contribution in [3.8, 4) is 5.75 Å². The Morgan fingerprint density at radius 2 is 1.76 bits per heavy atom. The highest BCUT2D eigenvalue weighted by Crippen LogP contribution is 2.36.